The summed E-state index contributed by atoms with van der Waals surface area (Å²) in [6.07, 6.45) is 0.765. The fourth-order valence-corrected chi connectivity index (χ4v) is 3.41. The Morgan fingerprint density at radius 3 is 2.80 bits per heavy atom. The van der Waals surface area contributed by atoms with E-state index in [2.05, 4.69) is 25.9 Å². The summed E-state index contributed by atoms with van der Waals surface area (Å²) < 4.78 is 13.1. The molecule has 0 fully saturated rings. The van der Waals surface area contributed by atoms with Crippen LogP contribution in [0, 0.1) is 6.92 Å². The standard InChI is InChI=1S/C18H17BrN4O2/c1-8-3-4-10(19)6-13(8)25-14-7-12-15(17(20)23-18(21)22-12)16-11(14)5-9(2)24-16/h3-4,6-7,9H,5H2,1-2H3,(H4,20,21,22,23). The number of hydrogen-bond donors (Lipinski definition) is 2. The maximum atomic E-state index is 6.22. The topological polar surface area (TPSA) is 96.3 Å². The van der Waals surface area contributed by atoms with Gasteiger partial charge >= 0.3 is 0 Å². The van der Waals surface area contributed by atoms with E-state index in [1.165, 1.54) is 0 Å². The summed E-state index contributed by atoms with van der Waals surface area (Å²) in [4.78, 5) is 8.36. The number of aromatic nitrogens is 2. The number of fused-ring (bicyclic) bond motifs is 3. The average molecular weight is 401 g/mol. The van der Waals surface area contributed by atoms with Gasteiger partial charge in [0.1, 0.15) is 29.2 Å². The molecule has 7 heteroatoms. The van der Waals surface area contributed by atoms with Crippen LogP contribution in [0.25, 0.3) is 10.9 Å². The highest BCUT2D eigenvalue weighted by Crippen LogP contribution is 2.45. The molecule has 0 saturated heterocycles. The van der Waals surface area contributed by atoms with Crippen LogP contribution in [0.1, 0.15) is 18.1 Å². The van der Waals surface area contributed by atoms with Crippen molar-refractivity contribution in [2.75, 3.05) is 11.5 Å². The minimum absolute atomic E-state index is 0.0310. The van der Waals surface area contributed by atoms with E-state index in [9.17, 15) is 0 Å². The molecule has 6 nitrogen and oxygen atoms in total. The SMILES string of the molecule is Cc1ccc(Br)cc1Oc1cc2nc(N)nc(N)c2c2c1CC(C)O2. The lowest BCUT2D eigenvalue weighted by atomic mass is 10.1. The molecule has 4 rings (SSSR count). The molecule has 2 heterocycles. The van der Waals surface area contributed by atoms with Gasteiger partial charge in [-0.05, 0) is 31.5 Å². The van der Waals surface area contributed by atoms with Crippen LogP contribution in [0.2, 0.25) is 0 Å². The zero-order valence-corrected chi connectivity index (χ0v) is 15.4. The fourth-order valence-electron chi connectivity index (χ4n) is 3.07. The first kappa shape index (κ1) is 16.0. The number of nitrogens with two attached hydrogens (primary N) is 2. The van der Waals surface area contributed by atoms with Gasteiger partial charge in [-0.1, -0.05) is 22.0 Å². The summed E-state index contributed by atoms with van der Waals surface area (Å²) in [6.45, 7) is 4.01. The summed E-state index contributed by atoms with van der Waals surface area (Å²) in [6, 6.07) is 7.77. The number of halogens is 1. The van der Waals surface area contributed by atoms with Crippen LogP contribution < -0.4 is 20.9 Å². The van der Waals surface area contributed by atoms with Crippen LogP contribution in [-0.2, 0) is 6.42 Å². The Bertz CT molecular complexity index is 1010. The van der Waals surface area contributed by atoms with Crippen molar-refractivity contribution < 1.29 is 9.47 Å². The highest BCUT2D eigenvalue weighted by molar-refractivity contribution is 9.10. The maximum Gasteiger partial charge on any atom is 0.222 e. The molecule has 128 valence electrons. The largest absolute Gasteiger partial charge is 0.489 e. The first-order valence-electron chi connectivity index (χ1n) is 7.91. The molecular weight excluding hydrogens is 384 g/mol. The van der Waals surface area contributed by atoms with Gasteiger partial charge in [0.05, 0.1) is 10.9 Å². The van der Waals surface area contributed by atoms with E-state index in [0.29, 0.717) is 28.2 Å². The van der Waals surface area contributed by atoms with Gasteiger partial charge in [-0.3, -0.25) is 0 Å². The lowest BCUT2D eigenvalue weighted by Crippen LogP contribution is -2.06. The van der Waals surface area contributed by atoms with Crippen molar-refractivity contribution in [2.45, 2.75) is 26.4 Å². The first-order valence-corrected chi connectivity index (χ1v) is 8.71. The monoisotopic (exact) mass is 400 g/mol. The van der Waals surface area contributed by atoms with Gasteiger partial charge in [-0.15, -0.1) is 0 Å². The smallest absolute Gasteiger partial charge is 0.222 e. The molecule has 0 radical (unpaired) electrons. The summed E-state index contributed by atoms with van der Waals surface area (Å²) in [5.41, 5.74) is 14.4. The lowest BCUT2D eigenvalue weighted by molar-refractivity contribution is 0.257. The van der Waals surface area contributed by atoms with E-state index in [1.807, 2.05) is 38.1 Å². The average Bonchev–Trinajstić information content (AvgIpc) is 2.91. The van der Waals surface area contributed by atoms with E-state index in [-0.39, 0.29) is 12.1 Å². The molecule has 1 atom stereocenters. The third kappa shape index (κ3) is 2.74. The predicted molar refractivity (Wildman–Crippen MR) is 101 cm³/mol. The predicted octanol–water partition coefficient (Wildman–Crippen LogP) is 3.98. The Morgan fingerprint density at radius 1 is 1.20 bits per heavy atom. The zero-order chi connectivity index (χ0) is 17.7. The Balaban J connectivity index is 1.93. The molecule has 1 aliphatic rings. The second-order valence-electron chi connectivity index (χ2n) is 6.19. The van der Waals surface area contributed by atoms with Crippen molar-refractivity contribution in [1.29, 1.82) is 0 Å². The van der Waals surface area contributed by atoms with Gasteiger partial charge < -0.3 is 20.9 Å². The molecule has 25 heavy (non-hydrogen) atoms. The Kier molecular flexibility index (Phi) is 3.68. The first-order chi connectivity index (χ1) is 11.9. The minimum Gasteiger partial charge on any atom is -0.489 e. The highest BCUT2D eigenvalue weighted by Gasteiger charge is 2.28. The third-order valence-corrected chi connectivity index (χ3v) is 4.72. The van der Waals surface area contributed by atoms with Gasteiger partial charge in [-0.2, -0.15) is 4.98 Å². The van der Waals surface area contributed by atoms with Crippen molar-refractivity contribution in [2.24, 2.45) is 0 Å². The number of nitrogens with zero attached hydrogens (tertiary/aromatic N) is 2. The van der Waals surface area contributed by atoms with E-state index in [4.69, 9.17) is 20.9 Å². The Hall–Kier alpha value is -2.54. The maximum absolute atomic E-state index is 6.22. The molecule has 2 aromatic carbocycles. The van der Waals surface area contributed by atoms with E-state index in [1.54, 1.807) is 0 Å². The van der Waals surface area contributed by atoms with E-state index < -0.39 is 0 Å². The van der Waals surface area contributed by atoms with Crippen LogP contribution in [0.15, 0.2) is 28.7 Å². The normalized spacial score (nSPS) is 15.9. The van der Waals surface area contributed by atoms with E-state index in [0.717, 1.165) is 27.8 Å². The van der Waals surface area contributed by atoms with Gasteiger partial charge in [0.25, 0.3) is 0 Å². The van der Waals surface area contributed by atoms with Crippen LogP contribution in [-0.4, -0.2) is 16.1 Å². The van der Waals surface area contributed by atoms with Crippen molar-refractivity contribution in [1.82, 2.24) is 9.97 Å². The number of aryl methyl sites for hydroxylation is 1. The summed E-state index contributed by atoms with van der Waals surface area (Å²) in [5, 5.41) is 0.687. The van der Waals surface area contributed by atoms with Crippen LogP contribution in [0.5, 0.6) is 17.2 Å². The molecule has 0 spiro atoms. The van der Waals surface area contributed by atoms with Crippen molar-refractivity contribution in [3.63, 3.8) is 0 Å². The molecule has 0 amide bonds. The van der Waals surface area contributed by atoms with Gasteiger partial charge in [0, 0.05) is 22.5 Å². The number of benzene rings is 2. The second kappa shape index (κ2) is 5.77. The highest BCUT2D eigenvalue weighted by atomic mass is 79.9. The Morgan fingerprint density at radius 2 is 2.00 bits per heavy atom. The van der Waals surface area contributed by atoms with Gasteiger partial charge in [0.2, 0.25) is 5.95 Å². The summed E-state index contributed by atoms with van der Waals surface area (Å²) >= 11 is 3.48. The molecule has 0 bridgehead atoms. The number of anilines is 2. The molecule has 4 N–H and O–H groups in total. The lowest BCUT2D eigenvalue weighted by Gasteiger charge is -2.14. The quantitative estimate of drug-likeness (QED) is 0.674. The number of nitrogen functional groups attached to an aromatic ring is 2. The van der Waals surface area contributed by atoms with Gasteiger partial charge in [-0.25, -0.2) is 4.98 Å². The minimum atomic E-state index is 0.0310. The summed E-state index contributed by atoms with van der Waals surface area (Å²) in [5.74, 6) is 2.60. The van der Waals surface area contributed by atoms with Crippen molar-refractivity contribution in [3.05, 3.63) is 39.9 Å². The molecule has 1 aliphatic heterocycles. The molecule has 1 unspecified atom stereocenters. The molecule has 1 aromatic heterocycles. The van der Waals surface area contributed by atoms with Crippen LogP contribution in [0.4, 0.5) is 11.8 Å². The number of rotatable bonds is 2. The Labute approximate surface area is 153 Å². The summed E-state index contributed by atoms with van der Waals surface area (Å²) in [7, 11) is 0. The van der Waals surface area contributed by atoms with Crippen LogP contribution in [0.3, 0.4) is 0 Å². The zero-order valence-electron chi connectivity index (χ0n) is 13.8. The van der Waals surface area contributed by atoms with E-state index >= 15 is 0 Å². The number of ether oxygens (including phenoxy) is 2. The fraction of sp³-hybridized carbons (Fsp3) is 0.222. The molecule has 0 aliphatic carbocycles. The number of hydrogen-bond acceptors (Lipinski definition) is 6. The molecular formula is C18H17BrN4O2. The van der Waals surface area contributed by atoms with Crippen LogP contribution >= 0.6 is 15.9 Å². The molecule has 0 saturated carbocycles. The van der Waals surface area contributed by atoms with Crippen molar-refractivity contribution >= 4 is 38.6 Å². The third-order valence-electron chi connectivity index (χ3n) is 4.23. The van der Waals surface area contributed by atoms with Crippen molar-refractivity contribution in [3.8, 4) is 17.2 Å². The molecule has 3 aromatic rings. The second-order valence-corrected chi connectivity index (χ2v) is 7.10. The van der Waals surface area contributed by atoms with Gasteiger partial charge in [0.15, 0.2) is 0 Å².